The maximum atomic E-state index is 11.7. The molecule has 2 N–H and O–H groups in total. The normalized spacial score (nSPS) is 10.3. The molecular formula is C15H22O5. The minimum absolute atomic E-state index is 0.111. The Morgan fingerprint density at radius 1 is 0.900 bits per heavy atom. The summed E-state index contributed by atoms with van der Waals surface area (Å²) >= 11 is 0. The van der Waals surface area contributed by atoms with Crippen molar-refractivity contribution < 1.29 is 24.5 Å². The molecule has 0 amide bonds. The molecule has 0 atom stereocenters. The van der Waals surface area contributed by atoms with Crippen LogP contribution >= 0.6 is 0 Å². The molecule has 0 radical (unpaired) electrons. The van der Waals surface area contributed by atoms with Crippen molar-refractivity contribution in [1.29, 1.82) is 0 Å². The van der Waals surface area contributed by atoms with E-state index in [9.17, 15) is 4.79 Å². The lowest BCUT2D eigenvalue weighted by molar-refractivity contribution is 0.0492. The molecule has 0 fully saturated rings. The topological polar surface area (TPSA) is 76.0 Å². The largest absolute Gasteiger partial charge is 0.494 e. The van der Waals surface area contributed by atoms with Gasteiger partial charge < -0.3 is 19.7 Å². The van der Waals surface area contributed by atoms with E-state index in [1.165, 1.54) is 0 Å². The molecule has 0 heterocycles. The molecule has 1 rings (SSSR count). The summed E-state index contributed by atoms with van der Waals surface area (Å²) in [5.41, 5.74) is 0.483. The first-order valence-corrected chi connectivity index (χ1v) is 6.89. The third kappa shape index (κ3) is 6.54. The van der Waals surface area contributed by atoms with Gasteiger partial charge in [-0.25, -0.2) is 4.79 Å². The van der Waals surface area contributed by atoms with E-state index in [1.807, 2.05) is 0 Å². The van der Waals surface area contributed by atoms with Crippen LogP contribution in [0.25, 0.3) is 0 Å². The zero-order valence-corrected chi connectivity index (χ0v) is 11.6. The lowest BCUT2D eigenvalue weighted by Gasteiger charge is -2.07. The summed E-state index contributed by atoms with van der Waals surface area (Å²) in [4.78, 5) is 11.7. The van der Waals surface area contributed by atoms with E-state index in [0.29, 0.717) is 37.4 Å². The van der Waals surface area contributed by atoms with Crippen molar-refractivity contribution in [1.82, 2.24) is 0 Å². The van der Waals surface area contributed by atoms with Gasteiger partial charge in [-0.15, -0.1) is 0 Å². The molecule has 0 saturated carbocycles. The molecular weight excluding hydrogens is 260 g/mol. The van der Waals surface area contributed by atoms with Crippen LogP contribution in [0.5, 0.6) is 5.75 Å². The van der Waals surface area contributed by atoms with Crippen molar-refractivity contribution >= 4 is 5.97 Å². The van der Waals surface area contributed by atoms with Crippen molar-refractivity contribution in [2.24, 2.45) is 0 Å². The molecule has 0 aromatic heterocycles. The number of carbonyl (C=O) groups excluding carboxylic acids is 1. The SMILES string of the molecule is O=C(OCCCCO)c1ccc(OCCCCO)cc1. The lowest BCUT2D eigenvalue weighted by Crippen LogP contribution is -2.07. The molecule has 0 unspecified atom stereocenters. The summed E-state index contributed by atoms with van der Waals surface area (Å²) in [7, 11) is 0. The van der Waals surface area contributed by atoms with Gasteiger partial charge in [-0.1, -0.05) is 0 Å². The van der Waals surface area contributed by atoms with Gasteiger partial charge in [-0.2, -0.15) is 0 Å². The molecule has 0 aliphatic heterocycles. The summed E-state index contributed by atoms with van der Waals surface area (Å²) in [5.74, 6) is 0.328. The predicted octanol–water partition coefficient (Wildman–Crippen LogP) is 1.77. The number of hydrogen-bond donors (Lipinski definition) is 2. The van der Waals surface area contributed by atoms with Gasteiger partial charge in [0.25, 0.3) is 0 Å². The first-order chi connectivity index (χ1) is 9.77. The second-order valence-electron chi connectivity index (χ2n) is 4.37. The first kappa shape index (κ1) is 16.5. The van der Waals surface area contributed by atoms with E-state index in [1.54, 1.807) is 24.3 Å². The van der Waals surface area contributed by atoms with Crippen molar-refractivity contribution in [2.45, 2.75) is 25.7 Å². The summed E-state index contributed by atoms with van der Waals surface area (Å²) in [6, 6.07) is 6.78. The van der Waals surface area contributed by atoms with Gasteiger partial charge in [0.05, 0.1) is 18.8 Å². The Morgan fingerprint density at radius 3 is 2.10 bits per heavy atom. The maximum Gasteiger partial charge on any atom is 0.338 e. The molecule has 0 bridgehead atoms. The van der Waals surface area contributed by atoms with Gasteiger partial charge in [0.2, 0.25) is 0 Å². The lowest BCUT2D eigenvalue weighted by atomic mass is 10.2. The van der Waals surface area contributed by atoms with E-state index in [-0.39, 0.29) is 19.2 Å². The fourth-order valence-corrected chi connectivity index (χ4v) is 1.55. The maximum absolute atomic E-state index is 11.7. The fourth-order valence-electron chi connectivity index (χ4n) is 1.55. The van der Waals surface area contributed by atoms with Crippen LogP contribution in [0, 0.1) is 0 Å². The number of hydrogen-bond acceptors (Lipinski definition) is 5. The Kier molecular flexibility index (Phi) is 8.42. The number of benzene rings is 1. The second-order valence-corrected chi connectivity index (χ2v) is 4.37. The molecule has 0 saturated heterocycles. The summed E-state index contributed by atoms with van der Waals surface area (Å²) < 4.78 is 10.5. The quantitative estimate of drug-likeness (QED) is 0.505. The van der Waals surface area contributed by atoms with Crippen LogP contribution in [0.3, 0.4) is 0 Å². The van der Waals surface area contributed by atoms with Crippen LogP contribution in [0.2, 0.25) is 0 Å². The van der Waals surface area contributed by atoms with Crippen molar-refractivity contribution in [2.75, 3.05) is 26.4 Å². The minimum Gasteiger partial charge on any atom is -0.494 e. The standard InChI is InChI=1S/C15H22O5/c16-9-1-3-11-19-14-7-5-13(6-8-14)15(18)20-12-4-2-10-17/h5-8,16-17H,1-4,9-12H2. The van der Waals surface area contributed by atoms with E-state index in [2.05, 4.69) is 0 Å². The number of ether oxygens (including phenoxy) is 2. The molecule has 5 heteroatoms. The van der Waals surface area contributed by atoms with Crippen molar-refractivity contribution in [3.8, 4) is 5.75 Å². The molecule has 0 aliphatic carbocycles. The van der Waals surface area contributed by atoms with E-state index >= 15 is 0 Å². The molecule has 112 valence electrons. The first-order valence-electron chi connectivity index (χ1n) is 6.89. The zero-order valence-electron chi connectivity index (χ0n) is 11.6. The molecule has 5 nitrogen and oxygen atoms in total. The Bertz CT molecular complexity index is 374. The third-order valence-electron chi connectivity index (χ3n) is 2.70. The van der Waals surface area contributed by atoms with E-state index in [0.717, 1.165) is 12.8 Å². The summed E-state index contributed by atoms with van der Waals surface area (Å²) in [6.07, 6.45) is 2.81. The van der Waals surface area contributed by atoms with Gasteiger partial charge in [-0.3, -0.25) is 0 Å². The number of esters is 1. The summed E-state index contributed by atoms with van der Waals surface area (Å²) in [6.45, 7) is 1.15. The monoisotopic (exact) mass is 282 g/mol. The van der Waals surface area contributed by atoms with Crippen molar-refractivity contribution in [3.63, 3.8) is 0 Å². The average molecular weight is 282 g/mol. The number of carbonyl (C=O) groups is 1. The molecule has 20 heavy (non-hydrogen) atoms. The number of aliphatic hydroxyl groups excluding tert-OH is 2. The Balaban J connectivity index is 2.31. The number of unbranched alkanes of at least 4 members (excludes halogenated alkanes) is 2. The van der Waals surface area contributed by atoms with Crippen LogP contribution in [-0.4, -0.2) is 42.6 Å². The van der Waals surface area contributed by atoms with Gasteiger partial charge in [0.1, 0.15) is 5.75 Å². The smallest absolute Gasteiger partial charge is 0.338 e. The second kappa shape index (κ2) is 10.2. The Labute approximate surface area is 119 Å². The van der Waals surface area contributed by atoms with Crippen LogP contribution in [0.4, 0.5) is 0 Å². The highest BCUT2D eigenvalue weighted by Gasteiger charge is 2.06. The molecule has 1 aromatic rings. The number of rotatable bonds is 10. The zero-order chi connectivity index (χ0) is 14.6. The highest BCUT2D eigenvalue weighted by atomic mass is 16.5. The highest BCUT2D eigenvalue weighted by molar-refractivity contribution is 5.89. The van der Waals surface area contributed by atoms with Gasteiger partial charge in [0.15, 0.2) is 0 Å². The Hall–Kier alpha value is -1.59. The van der Waals surface area contributed by atoms with Crippen molar-refractivity contribution in [3.05, 3.63) is 29.8 Å². The molecule has 0 aliphatic rings. The highest BCUT2D eigenvalue weighted by Crippen LogP contribution is 2.13. The van der Waals surface area contributed by atoms with E-state index in [4.69, 9.17) is 19.7 Å². The molecule has 0 spiro atoms. The van der Waals surface area contributed by atoms with Gasteiger partial charge >= 0.3 is 5.97 Å². The number of aliphatic hydroxyl groups is 2. The Morgan fingerprint density at radius 2 is 1.50 bits per heavy atom. The van der Waals surface area contributed by atoms with Crippen LogP contribution in [0.1, 0.15) is 36.0 Å². The van der Waals surface area contributed by atoms with Gasteiger partial charge in [-0.05, 0) is 49.9 Å². The van der Waals surface area contributed by atoms with Crippen LogP contribution < -0.4 is 4.74 Å². The van der Waals surface area contributed by atoms with Crippen LogP contribution in [-0.2, 0) is 4.74 Å². The summed E-state index contributed by atoms with van der Waals surface area (Å²) in [5, 5.41) is 17.3. The third-order valence-corrected chi connectivity index (χ3v) is 2.70. The minimum atomic E-state index is -0.366. The predicted molar refractivity (Wildman–Crippen MR) is 74.9 cm³/mol. The average Bonchev–Trinajstić information content (AvgIpc) is 2.48. The van der Waals surface area contributed by atoms with Gasteiger partial charge in [0, 0.05) is 13.2 Å². The van der Waals surface area contributed by atoms with Crippen LogP contribution in [0.15, 0.2) is 24.3 Å². The van der Waals surface area contributed by atoms with E-state index < -0.39 is 0 Å². The fraction of sp³-hybridized carbons (Fsp3) is 0.533. The molecule has 1 aromatic carbocycles.